The van der Waals surface area contributed by atoms with Gasteiger partial charge in [-0.25, -0.2) is 4.79 Å². The van der Waals surface area contributed by atoms with Crippen molar-refractivity contribution in [2.45, 2.75) is 49.9 Å². The fraction of sp³-hybridized carbons (Fsp3) is 0.423. The minimum atomic E-state index is -1.03. The Bertz CT molecular complexity index is 1040. The lowest BCUT2D eigenvalue weighted by atomic mass is 9.81. The van der Waals surface area contributed by atoms with Crippen LogP contribution < -0.4 is 0 Å². The number of nitrogens with zero attached hydrogens (tertiary/aromatic N) is 1. The third-order valence-corrected chi connectivity index (χ3v) is 6.96. The van der Waals surface area contributed by atoms with Crippen molar-refractivity contribution >= 4 is 16.9 Å². The molecule has 6 nitrogen and oxygen atoms in total. The second-order valence-corrected chi connectivity index (χ2v) is 10.8. The van der Waals surface area contributed by atoms with Crippen LogP contribution in [0.4, 0.5) is 4.79 Å². The van der Waals surface area contributed by atoms with Gasteiger partial charge in [0.15, 0.2) is 0 Å². The number of likely N-dealkylation sites (tertiary alicyclic amines) is 1. The number of piperidine rings is 1. The number of benzene rings is 2. The summed E-state index contributed by atoms with van der Waals surface area (Å²) in [6, 6.07) is 15.8. The smallest absolute Gasteiger partial charge is 0.410 e. The third-order valence-electron chi connectivity index (χ3n) is 6.03. The Hall–Kier alpha value is -2.80. The molecule has 1 unspecified atom stereocenters. The van der Waals surface area contributed by atoms with Gasteiger partial charge in [0.1, 0.15) is 18.1 Å². The molecule has 2 aromatic rings. The molecule has 0 aromatic heterocycles. The average Bonchev–Trinajstić information content (AvgIpc) is 3.29. The van der Waals surface area contributed by atoms with Gasteiger partial charge in [-0.1, -0.05) is 36.4 Å². The van der Waals surface area contributed by atoms with Crippen molar-refractivity contribution in [3.63, 3.8) is 0 Å². The lowest BCUT2D eigenvalue weighted by Crippen LogP contribution is -2.47. The summed E-state index contributed by atoms with van der Waals surface area (Å²) in [7, 11) is -1.03. The van der Waals surface area contributed by atoms with E-state index in [1.54, 1.807) is 23.7 Å². The second-order valence-electron chi connectivity index (χ2n) is 9.44. The van der Waals surface area contributed by atoms with Gasteiger partial charge in [0, 0.05) is 46.5 Å². The van der Waals surface area contributed by atoms with Gasteiger partial charge in [-0.2, -0.15) is 0 Å². The van der Waals surface area contributed by atoms with Gasteiger partial charge >= 0.3 is 6.09 Å². The van der Waals surface area contributed by atoms with Crippen LogP contribution in [0.5, 0.6) is 0 Å². The molecule has 2 aliphatic rings. The van der Waals surface area contributed by atoms with E-state index in [1.165, 1.54) is 0 Å². The molecule has 1 atom stereocenters. The van der Waals surface area contributed by atoms with E-state index in [9.17, 15) is 9.00 Å². The van der Waals surface area contributed by atoms with E-state index in [0.717, 1.165) is 34.4 Å². The molecule has 0 bridgehead atoms. The number of hydrogen-bond acceptors (Lipinski definition) is 5. The Labute approximate surface area is 198 Å². The molecule has 176 valence electrons. The van der Waals surface area contributed by atoms with E-state index in [0.29, 0.717) is 13.1 Å². The highest BCUT2D eigenvalue weighted by molar-refractivity contribution is 7.84. The Balaban J connectivity index is 1.60. The molecule has 7 heteroatoms. The van der Waals surface area contributed by atoms with Crippen LogP contribution in [-0.4, -0.2) is 40.1 Å². The zero-order valence-electron chi connectivity index (χ0n) is 19.6. The highest BCUT2D eigenvalue weighted by Crippen LogP contribution is 2.47. The quantitative estimate of drug-likeness (QED) is 0.599. The second kappa shape index (κ2) is 9.21. The van der Waals surface area contributed by atoms with Gasteiger partial charge in [0.25, 0.3) is 5.79 Å². The zero-order chi connectivity index (χ0) is 23.6. The van der Waals surface area contributed by atoms with Crippen molar-refractivity contribution in [2.24, 2.45) is 5.92 Å². The monoisotopic (exact) mass is 469 g/mol. The maximum Gasteiger partial charge on any atom is 0.410 e. The van der Waals surface area contributed by atoms with Crippen LogP contribution in [0.2, 0.25) is 0 Å². The molecule has 1 amide bonds. The van der Waals surface area contributed by atoms with E-state index in [2.05, 4.69) is 6.07 Å². The Morgan fingerprint density at radius 1 is 1.03 bits per heavy atom. The summed E-state index contributed by atoms with van der Waals surface area (Å²) in [5.41, 5.74) is 2.43. The number of carbonyl (C=O) groups excluding carboxylic acids is 1. The summed E-state index contributed by atoms with van der Waals surface area (Å²) in [6.45, 7) is 6.78. The lowest BCUT2D eigenvalue weighted by Gasteiger charge is -2.41. The number of hydrogen-bond donors (Lipinski definition) is 0. The first-order chi connectivity index (χ1) is 15.7. The summed E-state index contributed by atoms with van der Waals surface area (Å²) in [6.07, 6.45) is 6.04. The van der Waals surface area contributed by atoms with Crippen molar-refractivity contribution in [1.29, 1.82) is 0 Å². The molecular formula is C26H31NO5S. The van der Waals surface area contributed by atoms with Crippen molar-refractivity contribution in [1.82, 2.24) is 4.90 Å². The summed E-state index contributed by atoms with van der Waals surface area (Å²) >= 11 is 0. The maximum absolute atomic E-state index is 12.5. The van der Waals surface area contributed by atoms with Crippen LogP contribution in [0.1, 0.15) is 39.2 Å². The summed E-state index contributed by atoms with van der Waals surface area (Å²) < 4.78 is 29.7. The number of rotatable bonds is 4. The summed E-state index contributed by atoms with van der Waals surface area (Å²) in [5, 5.41) is 0. The van der Waals surface area contributed by atoms with Gasteiger partial charge in [-0.3, -0.25) is 4.21 Å². The van der Waals surface area contributed by atoms with E-state index < -0.39 is 22.2 Å². The SMILES string of the molecule is CS(=O)c1ccc(-c2ccccc2C2(C3CCN(C(=O)OC(C)(C)C)CC3)OC=CO2)cc1. The van der Waals surface area contributed by atoms with Crippen molar-refractivity contribution in [2.75, 3.05) is 19.3 Å². The van der Waals surface area contributed by atoms with E-state index in [4.69, 9.17) is 14.2 Å². The summed E-state index contributed by atoms with van der Waals surface area (Å²) in [5.74, 6) is -0.905. The van der Waals surface area contributed by atoms with E-state index >= 15 is 0 Å². The maximum atomic E-state index is 12.5. The molecule has 0 N–H and O–H groups in total. The summed E-state index contributed by atoms with van der Waals surface area (Å²) in [4.78, 5) is 15.1. The predicted octanol–water partition coefficient (Wildman–Crippen LogP) is 5.41. The molecular weight excluding hydrogens is 438 g/mol. The van der Waals surface area contributed by atoms with Gasteiger partial charge in [0.05, 0.1) is 0 Å². The highest BCUT2D eigenvalue weighted by atomic mass is 32.2. The van der Waals surface area contributed by atoms with Gasteiger partial charge in [-0.15, -0.1) is 0 Å². The van der Waals surface area contributed by atoms with Crippen LogP contribution in [0.3, 0.4) is 0 Å². The van der Waals surface area contributed by atoms with Crippen LogP contribution in [-0.2, 0) is 30.8 Å². The number of carbonyl (C=O) groups is 1. The molecule has 2 heterocycles. The van der Waals surface area contributed by atoms with Crippen LogP contribution in [0.25, 0.3) is 11.1 Å². The Morgan fingerprint density at radius 2 is 1.64 bits per heavy atom. The topological polar surface area (TPSA) is 65.1 Å². The van der Waals surface area contributed by atoms with Crippen molar-refractivity contribution in [3.05, 3.63) is 66.6 Å². The minimum absolute atomic E-state index is 0.0507. The van der Waals surface area contributed by atoms with Crippen LogP contribution in [0.15, 0.2) is 66.0 Å². The van der Waals surface area contributed by atoms with Gasteiger partial charge < -0.3 is 19.1 Å². The van der Waals surface area contributed by atoms with Crippen molar-refractivity contribution in [3.8, 4) is 11.1 Å². The minimum Gasteiger partial charge on any atom is -0.452 e. The molecule has 1 saturated heterocycles. The van der Waals surface area contributed by atoms with Gasteiger partial charge in [-0.05, 0) is 56.9 Å². The van der Waals surface area contributed by atoms with Crippen molar-refractivity contribution < 1.29 is 23.2 Å². The number of amides is 1. The van der Waals surface area contributed by atoms with Gasteiger partial charge in [0.2, 0.25) is 0 Å². The highest BCUT2D eigenvalue weighted by Gasteiger charge is 2.49. The zero-order valence-corrected chi connectivity index (χ0v) is 20.4. The largest absolute Gasteiger partial charge is 0.452 e. The Morgan fingerprint density at radius 3 is 2.21 bits per heavy atom. The first-order valence-corrected chi connectivity index (χ1v) is 12.8. The molecule has 0 radical (unpaired) electrons. The first kappa shape index (κ1) is 23.4. The molecule has 0 spiro atoms. The fourth-order valence-electron chi connectivity index (χ4n) is 4.46. The standard InChI is InChI=1S/C26H31NO5S/c1-25(2,3)32-24(28)27-15-13-20(14-16-27)26(30-17-18-31-26)23-8-6-5-7-22(23)19-9-11-21(12-10-19)33(4)29/h5-12,17-18,20H,13-16H2,1-4H3. The fourth-order valence-corrected chi connectivity index (χ4v) is 4.98. The molecule has 4 rings (SSSR count). The molecule has 33 heavy (non-hydrogen) atoms. The van der Waals surface area contributed by atoms with E-state index in [1.807, 2.05) is 63.2 Å². The van der Waals surface area contributed by atoms with Crippen LogP contribution in [0, 0.1) is 5.92 Å². The Kier molecular flexibility index (Phi) is 6.52. The molecule has 0 saturated carbocycles. The first-order valence-electron chi connectivity index (χ1n) is 11.2. The van der Waals surface area contributed by atoms with E-state index in [-0.39, 0.29) is 12.0 Å². The van der Waals surface area contributed by atoms with Crippen LogP contribution >= 0.6 is 0 Å². The molecule has 0 aliphatic carbocycles. The third kappa shape index (κ3) is 4.93. The predicted molar refractivity (Wildman–Crippen MR) is 128 cm³/mol. The lowest BCUT2D eigenvalue weighted by molar-refractivity contribution is -0.199. The molecule has 1 fully saturated rings. The average molecular weight is 470 g/mol. The normalized spacial score (nSPS) is 19.0. The molecule has 2 aliphatic heterocycles. The number of ether oxygens (including phenoxy) is 3. The molecule has 2 aromatic carbocycles.